The van der Waals surface area contributed by atoms with E-state index in [0.29, 0.717) is 6.42 Å². The predicted molar refractivity (Wildman–Crippen MR) is 121 cm³/mol. The Bertz CT molecular complexity index is 1110. The van der Waals surface area contributed by atoms with Gasteiger partial charge in [-0.3, -0.25) is 4.79 Å². The minimum Gasteiger partial charge on any atom is -0.481 e. The van der Waals surface area contributed by atoms with E-state index in [9.17, 15) is 4.79 Å². The zero-order chi connectivity index (χ0) is 20.8. The molecule has 1 aromatic heterocycles. The number of hydrogen-bond acceptors (Lipinski definition) is 1. The zero-order valence-corrected chi connectivity index (χ0v) is 16.9. The Morgan fingerprint density at radius 3 is 2.13 bits per heavy atom. The molecule has 4 aromatic rings. The monoisotopic (exact) mass is 395 g/mol. The topological polar surface area (TPSA) is 42.2 Å². The van der Waals surface area contributed by atoms with Crippen LogP contribution in [0.5, 0.6) is 0 Å². The Hall–Kier alpha value is -3.59. The normalized spacial score (nSPS) is 10.8. The Morgan fingerprint density at radius 2 is 1.40 bits per heavy atom. The molecule has 0 aliphatic heterocycles. The predicted octanol–water partition coefficient (Wildman–Crippen LogP) is 5.95. The molecule has 0 aliphatic carbocycles. The van der Waals surface area contributed by atoms with Gasteiger partial charge in [0.2, 0.25) is 0 Å². The summed E-state index contributed by atoms with van der Waals surface area (Å²) >= 11 is 0. The molecule has 3 aromatic carbocycles. The number of rotatable bonds is 8. The molecule has 0 saturated heterocycles. The highest BCUT2D eigenvalue weighted by Gasteiger charge is 2.13. The van der Waals surface area contributed by atoms with Gasteiger partial charge in [0.15, 0.2) is 0 Å². The van der Waals surface area contributed by atoms with Gasteiger partial charge < -0.3 is 9.67 Å². The number of benzene rings is 3. The van der Waals surface area contributed by atoms with Crippen molar-refractivity contribution in [2.24, 2.45) is 0 Å². The second-order valence-electron chi connectivity index (χ2n) is 7.46. The molecule has 0 saturated carbocycles. The van der Waals surface area contributed by atoms with E-state index in [1.165, 1.54) is 16.8 Å². The fraction of sp³-hybridized carbons (Fsp3) is 0.148. The zero-order valence-electron chi connectivity index (χ0n) is 16.9. The van der Waals surface area contributed by atoms with E-state index >= 15 is 0 Å². The first-order chi connectivity index (χ1) is 14.7. The van der Waals surface area contributed by atoms with Crippen molar-refractivity contribution in [3.8, 4) is 16.9 Å². The van der Waals surface area contributed by atoms with Crippen LogP contribution in [0.4, 0.5) is 0 Å². The first-order valence-corrected chi connectivity index (χ1v) is 10.3. The molecule has 30 heavy (non-hydrogen) atoms. The smallest absolute Gasteiger partial charge is 0.303 e. The standard InChI is InChI=1S/C27H25NO2/c29-27(30)19-15-22-10-7-13-25(20-22)28-24(16-14-21-8-3-1-4-9-21)17-18-26(28)23-11-5-2-6-12-23/h1-13,17-18,20H,14-16,19H2,(H,29,30). The van der Waals surface area contributed by atoms with Crippen LogP contribution in [0.25, 0.3) is 16.9 Å². The number of carbonyl (C=O) groups is 1. The highest BCUT2D eigenvalue weighted by Crippen LogP contribution is 2.28. The van der Waals surface area contributed by atoms with E-state index in [-0.39, 0.29) is 6.42 Å². The van der Waals surface area contributed by atoms with Crippen LogP contribution >= 0.6 is 0 Å². The minimum atomic E-state index is -0.769. The first-order valence-electron chi connectivity index (χ1n) is 10.3. The summed E-state index contributed by atoms with van der Waals surface area (Å²) in [6.45, 7) is 0. The van der Waals surface area contributed by atoms with Gasteiger partial charge in [0.05, 0.1) is 5.69 Å². The number of aryl methyl sites for hydroxylation is 3. The van der Waals surface area contributed by atoms with E-state index in [0.717, 1.165) is 29.8 Å². The fourth-order valence-corrected chi connectivity index (χ4v) is 3.83. The molecule has 1 heterocycles. The van der Waals surface area contributed by atoms with Crippen LogP contribution in [0.1, 0.15) is 23.2 Å². The van der Waals surface area contributed by atoms with Crippen LogP contribution < -0.4 is 0 Å². The number of carboxylic acids is 1. The van der Waals surface area contributed by atoms with Gasteiger partial charge in [0.25, 0.3) is 0 Å². The molecule has 0 aliphatic rings. The largest absolute Gasteiger partial charge is 0.481 e. The van der Waals surface area contributed by atoms with Crippen LogP contribution in [0, 0.1) is 0 Å². The van der Waals surface area contributed by atoms with Crippen molar-refractivity contribution in [1.29, 1.82) is 0 Å². The molecule has 150 valence electrons. The first kappa shape index (κ1) is 19.7. The molecule has 3 heteroatoms. The molecule has 0 unspecified atom stereocenters. The molecule has 1 N–H and O–H groups in total. The third kappa shape index (κ3) is 4.69. The molecule has 3 nitrogen and oxygen atoms in total. The highest BCUT2D eigenvalue weighted by molar-refractivity contribution is 5.67. The van der Waals surface area contributed by atoms with Gasteiger partial charge in [-0.25, -0.2) is 0 Å². The van der Waals surface area contributed by atoms with Crippen LogP contribution in [0.2, 0.25) is 0 Å². The summed E-state index contributed by atoms with van der Waals surface area (Å²) in [5, 5.41) is 9.04. The lowest BCUT2D eigenvalue weighted by atomic mass is 10.1. The van der Waals surface area contributed by atoms with E-state index in [2.05, 4.69) is 77.4 Å². The minimum absolute atomic E-state index is 0.140. The lowest BCUT2D eigenvalue weighted by molar-refractivity contribution is -0.136. The third-order valence-corrected chi connectivity index (χ3v) is 5.34. The third-order valence-electron chi connectivity index (χ3n) is 5.34. The summed E-state index contributed by atoms with van der Waals surface area (Å²) in [7, 11) is 0. The van der Waals surface area contributed by atoms with Gasteiger partial charge in [-0.1, -0.05) is 72.8 Å². The summed E-state index contributed by atoms with van der Waals surface area (Å²) in [4.78, 5) is 11.0. The number of hydrogen-bond donors (Lipinski definition) is 1. The molecular weight excluding hydrogens is 370 g/mol. The van der Waals surface area contributed by atoms with Crippen LogP contribution in [0.3, 0.4) is 0 Å². The van der Waals surface area contributed by atoms with Gasteiger partial charge in [-0.2, -0.15) is 0 Å². The number of nitrogens with zero attached hydrogens (tertiary/aromatic N) is 1. The van der Waals surface area contributed by atoms with Crippen molar-refractivity contribution >= 4 is 5.97 Å². The SMILES string of the molecule is O=C(O)CCc1cccc(-n2c(CCc3ccccc3)ccc2-c2ccccc2)c1. The Morgan fingerprint density at radius 1 is 0.700 bits per heavy atom. The maximum absolute atomic E-state index is 11.0. The van der Waals surface area contributed by atoms with Crippen molar-refractivity contribution in [2.45, 2.75) is 25.7 Å². The van der Waals surface area contributed by atoms with Gasteiger partial charge in [0.1, 0.15) is 0 Å². The van der Waals surface area contributed by atoms with E-state index in [4.69, 9.17) is 5.11 Å². The summed E-state index contributed by atoms with van der Waals surface area (Å²) in [5.74, 6) is -0.769. The van der Waals surface area contributed by atoms with E-state index < -0.39 is 5.97 Å². The summed E-state index contributed by atoms with van der Waals surface area (Å²) < 4.78 is 2.31. The lowest BCUT2D eigenvalue weighted by Crippen LogP contribution is -2.05. The summed E-state index contributed by atoms with van der Waals surface area (Å²) in [5.41, 5.74) is 6.99. The summed E-state index contributed by atoms with van der Waals surface area (Å²) in [6, 6.07) is 33.5. The van der Waals surface area contributed by atoms with Crippen LogP contribution in [-0.2, 0) is 24.1 Å². The van der Waals surface area contributed by atoms with Gasteiger partial charge >= 0.3 is 5.97 Å². The van der Waals surface area contributed by atoms with Gasteiger partial charge in [0, 0.05) is 17.8 Å². The Kier molecular flexibility index (Phi) is 6.09. The average Bonchev–Trinajstić information content (AvgIpc) is 3.22. The lowest BCUT2D eigenvalue weighted by Gasteiger charge is -2.15. The average molecular weight is 396 g/mol. The Labute approximate surface area is 177 Å². The Balaban J connectivity index is 1.71. The molecule has 0 amide bonds. The van der Waals surface area contributed by atoms with Crippen molar-refractivity contribution in [1.82, 2.24) is 4.57 Å². The molecule has 0 radical (unpaired) electrons. The van der Waals surface area contributed by atoms with Crippen molar-refractivity contribution in [3.05, 3.63) is 114 Å². The highest BCUT2D eigenvalue weighted by atomic mass is 16.4. The van der Waals surface area contributed by atoms with Crippen LogP contribution in [-0.4, -0.2) is 15.6 Å². The second kappa shape index (κ2) is 9.27. The second-order valence-corrected chi connectivity index (χ2v) is 7.46. The molecular formula is C27H25NO2. The maximum atomic E-state index is 11.0. The van der Waals surface area contributed by atoms with E-state index in [1.807, 2.05) is 24.3 Å². The molecule has 0 bridgehead atoms. The van der Waals surface area contributed by atoms with Crippen molar-refractivity contribution in [3.63, 3.8) is 0 Å². The van der Waals surface area contributed by atoms with Crippen LogP contribution in [0.15, 0.2) is 97.1 Å². The van der Waals surface area contributed by atoms with E-state index in [1.54, 1.807) is 0 Å². The maximum Gasteiger partial charge on any atom is 0.303 e. The molecule has 0 spiro atoms. The molecule has 0 atom stereocenters. The number of aliphatic carboxylic acids is 1. The quantitative estimate of drug-likeness (QED) is 0.401. The number of aromatic nitrogens is 1. The van der Waals surface area contributed by atoms with Gasteiger partial charge in [-0.15, -0.1) is 0 Å². The molecule has 0 fully saturated rings. The fourth-order valence-electron chi connectivity index (χ4n) is 3.83. The summed E-state index contributed by atoms with van der Waals surface area (Å²) in [6.07, 6.45) is 2.57. The van der Waals surface area contributed by atoms with Gasteiger partial charge in [-0.05, 0) is 60.2 Å². The van der Waals surface area contributed by atoms with Crippen molar-refractivity contribution < 1.29 is 9.90 Å². The van der Waals surface area contributed by atoms with Crippen molar-refractivity contribution in [2.75, 3.05) is 0 Å². The number of carboxylic acid groups (broad SMARTS) is 1. The molecule has 4 rings (SSSR count).